The molecule has 0 spiro atoms. The van der Waals surface area contributed by atoms with Gasteiger partial charge in [0.05, 0.1) is 12.2 Å². The lowest BCUT2D eigenvalue weighted by Crippen LogP contribution is -2.48. The monoisotopic (exact) mass is 293 g/mol. The molecule has 1 aromatic carbocycles. The minimum Gasteiger partial charge on any atom is -0.491 e. The second-order valence-electron chi connectivity index (χ2n) is 5.94. The Morgan fingerprint density at radius 1 is 1.24 bits per heavy atom. The smallest absolute Gasteiger partial charge is 0.119 e. The second-order valence-corrected chi connectivity index (χ2v) is 5.94. The van der Waals surface area contributed by atoms with Crippen LogP contribution < -0.4 is 4.74 Å². The largest absolute Gasteiger partial charge is 0.491 e. The number of aliphatic hydroxyl groups excluding tert-OH is 1. The Bertz CT molecular complexity index is 411. The molecule has 4 nitrogen and oxygen atoms in total. The molecule has 0 aliphatic carbocycles. The summed E-state index contributed by atoms with van der Waals surface area (Å²) in [5.41, 5.74) is 1.29. The Kier molecular flexibility index (Phi) is 6.03. The van der Waals surface area contributed by atoms with Gasteiger partial charge in [-0.2, -0.15) is 0 Å². The van der Waals surface area contributed by atoms with Crippen molar-refractivity contribution in [2.75, 3.05) is 26.2 Å². The molecule has 1 aromatic rings. The lowest BCUT2D eigenvalue weighted by Gasteiger charge is -2.36. The molecule has 118 valence electrons. The molecule has 1 saturated heterocycles. The van der Waals surface area contributed by atoms with E-state index in [1.54, 1.807) is 0 Å². The van der Waals surface area contributed by atoms with Crippen LogP contribution in [0.3, 0.4) is 0 Å². The summed E-state index contributed by atoms with van der Waals surface area (Å²) in [5.74, 6) is 0.815. The average molecular weight is 293 g/mol. The van der Waals surface area contributed by atoms with Crippen molar-refractivity contribution in [3.63, 3.8) is 0 Å². The Balaban J connectivity index is 1.74. The summed E-state index contributed by atoms with van der Waals surface area (Å²) in [6, 6.07) is 8.05. The Morgan fingerprint density at radius 3 is 2.43 bits per heavy atom. The lowest BCUT2D eigenvalue weighted by atomic mass is 10.2. The third-order valence-corrected chi connectivity index (χ3v) is 3.74. The van der Waals surface area contributed by atoms with Gasteiger partial charge in [0.25, 0.3) is 0 Å². The van der Waals surface area contributed by atoms with Gasteiger partial charge in [-0.05, 0) is 38.0 Å². The van der Waals surface area contributed by atoms with Gasteiger partial charge in [0.2, 0.25) is 0 Å². The van der Waals surface area contributed by atoms with Crippen LogP contribution in [-0.2, 0) is 11.2 Å². The third-order valence-electron chi connectivity index (χ3n) is 3.74. The van der Waals surface area contributed by atoms with Gasteiger partial charge < -0.3 is 14.6 Å². The van der Waals surface area contributed by atoms with Crippen LogP contribution in [0.1, 0.15) is 26.3 Å². The summed E-state index contributed by atoms with van der Waals surface area (Å²) < 4.78 is 11.3. The normalized spacial score (nSPS) is 24.8. The number of hydrogen-bond donors (Lipinski definition) is 1. The van der Waals surface area contributed by atoms with Gasteiger partial charge in [-0.3, -0.25) is 4.90 Å². The van der Waals surface area contributed by atoms with Crippen LogP contribution in [0.25, 0.3) is 0 Å². The third kappa shape index (κ3) is 5.30. The molecular formula is C17H27NO3. The first-order valence-electron chi connectivity index (χ1n) is 7.84. The first kappa shape index (κ1) is 16.3. The Labute approximate surface area is 127 Å². The number of β-amino-alcohol motifs (C(OH)–C–C–N with tert-alkyl or cyclic N) is 1. The maximum atomic E-state index is 10.1. The Morgan fingerprint density at radius 2 is 1.86 bits per heavy atom. The van der Waals surface area contributed by atoms with Crippen molar-refractivity contribution in [3.8, 4) is 5.75 Å². The fourth-order valence-electron chi connectivity index (χ4n) is 2.80. The number of nitrogens with zero attached hydrogens (tertiary/aromatic N) is 1. The highest BCUT2D eigenvalue weighted by atomic mass is 16.5. The van der Waals surface area contributed by atoms with Gasteiger partial charge >= 0.3 is 0 Å². The molecule has 0 amide bonds. The SMILES string of the molecule is CCc1ccc(OCC(O)CN2CC(C)OC(C)C2)cc1. The summed E-state index contributed by atoms with van der Waals surface area (Å²) in [7, 11) is 0. The van der Waals surface area contributed by atoms with E-state index in [-0.39, 0.29) is 12.2 Å². The van der Waals surface area contributed by atoms with Crippen LogP contribution in [0, 0.1) is 0 Å². The zero-order valence-electron chi connectivity index (χ0n) is 13.3. The van der Waals surface area contributed by atoms with Crippen LogP contribution in [-0.4, -0.2) is 54.6 Å². The summed E-state index contributed by atoms with van der Waals surface area (Å²) in [6.45, 7) is 8.96. The van der Waals surface area contributed by atoms with Crippen LogP contribution >= 0.6 is 0 Å². The molecule has 3 atom stereocenters. The highest BCUT2D eigenvalue weighted by molar-refractivity contribution is 5.27. The standard InChI is InChI=1S/C17H27NO3/c1-4-15-5-7-17(8-6-15)20-12-16(19)11-18-9-13(2)21-14(3)10-18/h5-8,13-14,16,19H,4,9-12H2,1-3H3. The molecule has 0 bridgehead atoms. The van der Waals surface area contributed by atoms with Crippen LogP contribution in [0.2, 0.25) is 0 Å². The first-order chi connectivity index (χ1) is 10.1. The van der Waals surface area contributed by atoms with Gasteiger partial charge in [0.15, 0.2) is 0 Å². The fraction of sp³-hybridized carbons (Fsp3) is 0.647. The molecule has 0 aromatic heterocycles. The fourth-order valence-corrected chi connectivity index (χ4v) is 2.80. The van der Waals surface area contributed by atoms with Gasteiger partial charge in [-0.25, -0.2) is 0 Å². The van der Waals surface area contributed by atoms with E-state index in [9.17, 15) is 5.11 Å². The van der Waals surface area contributed by atoms with E-state index < -0.39 is 6.10 Å². The molecular weight excluding hydrogens is 266 g/mol. The quantitative estimate of drug-likeness (QED) is 0.872. The predicted octanol–water partition coefficient (Wildman–Crippen LogP) is 2.10. The molecule has 1 aliphatic rings. The number of ether oxygens (including phenoxy) is 2. The van der Waals surface area contributed by atoms with Crippen molar-refractivity contribution >= 4 is 0 Å². The van der Waals surface area contributed by atoms with E-state index in [4.69, 9.17) is 9.47 Å². The molecule has 21 heavy (non-hydrogen) atoms. The summed E-state index contributed by atoms with van der Waals surface area (Å²) in [6.07, 6.45) is 0.997. The molecule has 1 heterocycles. The van der Waals surface area contributed by atoms with Gasteiger partial charge in [0.1, 0.15) is 18.5 Å². The molecule has 1 N–H and O–H groups in total. The van der Waals surface area contributed by atoms with E-state index in [1.165, 1.54) is 5.56 Å². The second kappa shape index (κ2) is 7.78. The topological polar surface area (TPSA) is 41.9 Å². The number of hydrogen-bond acceptors (Lipinski definition) is 4. The molecule has 1 fully saturated rings. The molecule has 0 saturated carbocycles. The zero-order chi connectivity index (χ0) is 15.2. The highest BCUT2D eigenvalue weighted by Crippen LogP contribution is 2.14. The number of aryl methyl sites for hydroxylation is 1. The van der Waals surface area contributed by atoms with Crippen LogP contribution in [0.15, 0.2) is 24.3 Å². The van der Waals surface area contributed by atoms with E-state index >= 15 is 0 Å². The van der Waals surface area contributed by atoms with Crippen molar-refractivity contribution in [1.82, 2.24) is 4.90 Å². The minimum absolute atomic E-state index is 0.225. The summed E-state index contributed by atoms with van der Waals surface area (Å²) in [5, 5.41) is 10.1. The van der Waals surface area contributed by atoms with Crippen molar-refractivity contribution in [3.05, 3.63) is 29.8 Å². The maximum Gasteiger partial charge on any atom is 0.119 e. The molecule has 4 heteroatoms. The Hall–Kier alpha value is -1.10. The van der Waals surface area contributed by atoms with Crippen molar-refractivity contribution in [1.29, 1.82) is 0 Å². The van der Waals surface area contributed by atoms with E-state index in [0.717, 1.165) is 25.3 Å². The molecule has 2 rings (SSSR count). The minimum atomic E-state index is -0.478. The predicted molar refractivity (Wildman–Crippen MR) is 83.8 cm³/mol. The van der Waals surface area contributed by atoms with Crippen molar-refractivity contribution in [2.24, 2.45) is 0 Å². The summed E-state index contributed by atoms with van der Waals surface area (Å²) >= 11 is 0. The maximum absolute atomic E-state index is 10.1. The first-order valence-corrected chi connectivity index (χ1v) is 7.84. The number of benzene rings is 1. The van der Waals surface area contributed by atoms with Crippen LogP contribution in [0.5, 0.6) is 5.75 Å². The van der Waals surface area contributed by atoms with Gasteiger partial charge in [-0.15, -0.1) is 0 Å². The van der Waals surface area contributed by atoms with Crippen LogP contribution in [0.4, 0.5) is 0 Å². The average Bonchev–Trinajstić information content (AvgIpc) is 2.44. The molecule has 3 unspecified atom stereocenters. The van der Waals surface area contributed by atoms with E-state index in [2.05, 4.69) is 37.8 Å². The summed E-state index contributed by atoms with van der Waals surface area (Å²) in [4.78, 5) is 2.24. The van der Waals surface area contributed by atoms with E-state index in [0.29, 0.717) is 13.2 Å². The van der Waals surface area contributed by atoms with Crippen molar-refractivity contribution in [2.45, 2.75) is 45.5 Å². The zero-order valence-corrected chi connectivity index (χ0v) is 13.3. The molecule has 1 aliphatic heterocycles. The lowest BCUT2D eigenvalue weighted by molar-refractivity contribution is -0.0786. The highest BCUT2D eigenvalue weighted by Gasteiger charge is 2.23. The molecule has 0 radical (unpaired) electrons. The number of morpholine rings is 1. The van der Waals surface area contributed by atoms with Crippen molar-refractivity contribution < 1.29 is 14.6 Å². The number of rotatable bonds is 6. The van der Waals surface area contributed by atoms with Gasteiger partial charge in [-0.1, -0.05) is 19.1 Å². The van der Waals surface area contributed by atoms with E-state index in [1.807, 2.05) is 12.1 Å². The van der Waals surface area contributed by atoms with Gasteiger partial charge in [0, 0.05) is 19.6 Å². The number of aliphatic hydroxyl groups is 1.